The normalized spacial score (nSPS) is 20.8. The second kappa shape index (κ2) is 5.56. The van der Waals surface area contributed by atoms with Gasteiger partial charge in [-0.2, -0.15) is 0 Å². The lowest BCUT2D eigenvalue weighted by Gasteiger charge is -2.32. The molecule has 0 spiro atoms. The van der Waals surface area contributed by atoms with Gasteiger partial charge in [0.25, 0.3) is 0 Å². The summed E-state index contributed by atoms with van der Waals surface area (Å²) in [4.78, 5) is 0. The zero-order valence-corrected chi connectivity index (χ0v) is 15.6. The molecule has 0 aromatic heterocycles. The van der Waals surface area contributed by atoms with Crippen molar-refractivity contribution in [3.05, 3.63) is 29.8 Å². The first-order valence-corrected chi connectivity index (χ1v) is 11.7. The van der Waals surface area contributed by atoms with Gasteiger partial charge in [-0.1, -0.05) is 50.0 Å². The first-order valence-electron chi connectivity index (χ1n) is 7.95. The van der Waals surface area contributed by atoms with Gasteiger partial charge >= 0.3 is 7.12 Å². The molecule has 0 atom stereocenters. The second-order valence-corrected chi connectivity index (χ2v) is 14.0. The Morgan fingerprint density at radius 2 is 1.38 bits per heavy atom. The Labute approximate surface area is 131 Å². The van der Waals surface area contributed by atoms with Crippen LogP contribution in [0.3, 0.4) is 0 Å². The number of hydrogen-bond donors (Lipinski definition) is 0. The Balaban J connectivity index is 2.04. The molecular weight excluding hydrogens is 275 g/mol. The fraction of sp³-hybridized carbons (Fsp3) is 0.647. The molecule has 0 N–H and O–H groups in total. The highest BCUT2D eigenvalue weighted by atomic mass is 28.3. The molecule has 1 fully saturated rings. The highest BCUT2D eigenvalue weighted by Crippen LogP contribution is 2.36. The zero-order valence-electron chi connectivity index (χ0n) is 14.6. The van der Waals surface area contributed by atoms with Crippen molar-refractivity contribution in [2.75, 3.05) is 0 Å². The molecule has 0 unspecified atom stereocenters. The molecule has 1 aromatic carbocycles. The predicted octanol–water partition coefficient (Wildman–Crippen LogP) is 3.87. The lowest BCUT2D eigenvalue weighted by atomic mass is 9.79. The van der Waals surface area contributed by atoms with Crippen LogP contribution >= 0.6 is 0 Å². The molecule has 0 saturated carbocycles. The number of hydrogen-bond acceptors (Lipinski definition) is 2. The summed E-state index contributed by atoms with van der Waals surface area (Å²) in [5, 5.41) is 0. The summed E-state index contributed by atoms with van der Waals surface area (Å²) in [5.74, 6) is 0. The molecule has 0 radical (unpaired) electrons. The van der Waals surface area contributed by atoms with Crippen LogP contribution in [0.25, 0.3) is 0 Å². The van der Waals surface area contributed by atoms with Crippen LogP contribution in [0.5, 0.6) is 0 Å². The van der Waals surface area contributed by atoms with Crippen molar-refractivity contribution in [2.24, 2.45) is 0 Å². The van der Waals surface area contributed by atoms with Crippen molar-refractivity contribution < 1.29 is 9.31 Å². The van der Waals surface area contributed by atoms with Crippen LogP contribution in [-0.2, 0) is 15.7 Å². The van der Waals surface area contributed by atoms with Gasteiger partial charge in [0.1, 0.15) is 0 Å². The molecule has 1 heterocycles. The molecule has 116 valence electrons. The Morgan fingerprint density at radius 3 is 1.81 bits per heavy atom. The topological polar surface area (TPSA) is 18.5 Å². The van der Waals surface area contributed by atoms with Gasteiger partial charge in [-0.25, -0.2) is 0 Å². The summed E-state index contributed by atoms with van der Waals surface area (Å²) in [6.07, 6.45) is 1.18. The van der Waals surface area contributed by atoms with E-state index in [2.05, 4.69) is 71.6 Å². The smallest absolute Gasteiger partial charge is 0.399 e. The second-order valence-electron chi connectivity index (χ2n) is 8.39. The van der Waals surface area contributed by atoms with Crippen LogP contribution in [0.4, 0.5) is 0 Å². The fourth-order valence-corrected chi connectivity index (χ4v) is 3.38. The minimum atomic E-state index is -0.967. The van der Waals surface area contributed by atoms with Crippen molar-refractivity contribution in [3.63, 3.8) is 0 Å². The van der Waals surface area contributed by atoms with Crippen LogP contribution in [0.1, 0.15) is 33.3 Å². The van der Waals surface area contributed by atoms with Crippen molar-refractivity contribution >= 4 is 20.7 Å². The molecule has 0 aliphatic carbocycles. The van der Waals surface area contributed by atoms with Crippen molar-refractivity contribution in [1.29, 1.82) is 0 Å². The molecule has 1 aliphatic rings. The van der Waals surface area contributed by atoms with Gasteiger partial charge in [-0.15, -0.1) is 0 Å². The first kappa shape index (κ1) is 16.8. The van der Waals surface area contributed by atoms with Crippen molar-refractivity contribution in [3.8, 4) is 0 Å². The maximum atomic E-state index is 6.09. The van der Waals surface area contributed by atoms with Crippen molar-refractivity contribution in [1.82, 2.24) is 0 Å². The summed E-state index contributed by atoms with van der Waals surface area (Å²) in [6, 6.07) is 10.1. The molecule has 0 amide bonds. The highest BCUT2D eigenvalue weighted by molar-refractivity contribution is 6.76. The van der Waals surface area contributed by atoms with E-state index in [0.29, 0.717) is 0 Å². The van der Waals surface area contributed by atoms with Gasteiger partial charge in [0, 0.05) is 8.07 Å². The van der Waals surface area contributed by atoms with E-state index in [0.717, 1.165) is 5.46 Å². The molecule has 1 aliphatic heterocycles. The van der Waals surface area contributed by atoms with E-state index in [-0.39, 0.29) is 18.3 Å². The van der Waals surface area contributed by atoms with Gasteiger partial charge in [0.05, 0.1) is 11.2 Å². The zero-order chi connectivity index (χ0) is 15.9. The third kappa shape index (κ3) is 3.99. The number of rotatable bonds is 4. The third-order valence-corrected chi connectivity index (χ3v) is 6.42. The minimum absolute atomic E-state index is 0.249. The van der Waals surface area contributed by atoms with E-state index < -0.39 is 8.07 Å². The summed E-state index contributed by atoms with van der Waals surface area (Å²) in [5.41, 5.74) is 1.99. The maximum Gasteiger partial charge on any atom is 0.494 e. The Morgan fingerprint density at radius 1 is 0.905 bits per heavy atom. The van der Waals surface area contributed by atoms with Crippen molar-refractivity contribution in [2.45, 2.75) is 71.0 Å². The molecule has 4 heteroatoms. The summed E-state index contributed by atoms with van der Waals surface area (Å²) >= 11 is 0. The molecular formula is C17H29BO2Si. The average molecular weight is 304 g/mol. The maximum absolute atomic E-state index is 6.09. The van der Waals surface area contributed by atoms with Gasteiger partial charge in [-0.05, 0) is 45.1 Å². The lowest BCUT2D eigenvalue weighted by molar-refractivity contribution is 0.00578. The quantitative estimate of drug-likeness (QED) is 0.786. The van der Waals surface area contributed by atoms with E-state index >= 15 is 0 Å². The Hall–Kier alpha value is -0.578. The molecule has 2 nitrogen and oxygen atoms in total. The fourth-order valence-electron chi connectivity index (χ4n) is 2.34. The summed E-state index contributed by atoms with van der Waals surface area (Å²) < 4.78 is 12.2. The van der Waals surface area contributed by atoms with E-state index in [1.165, 1.54) is 18.0 Å². The van der Waals surface area contributed by atoms with Crippen LogP contribution in [0, 0.1) is 0 Å². The summed E-state index contributed by atoms with van der Waals surface area (Å²) in [7, 11) is -1.22. The molecule has 2 rings (SSSR count). The Kier molecular flexibility index (Phi) is 4.45. The standard InChI is InChI=1S/C17H29BO2Si/c1-16(2)17(3,4)20-18(19-16)15-10-8-14(9-11-15)12-13-21(5,6)7/h8-11H,12-13H2,1-7H3. The van der Waals surface area contributed by atoms with Gasteiger partial charge in [-0.3, -0.25) is 0 Å². The van der Waals surface area contributed by atoms with E-state index in [1.54, 1.807) is 0 Å². The number of aryl methyl sites for hydroxylation is 1. The third-order valence-electron chi connectivity index (χ3n) is 4.67. The predicted molar refractivity (Wildman–Crippen MR) is 94.0 cm³/mol. The molecule has 21 heavy (non-hydrogen) atoms. The molecule has 1 aromatic rings. The summed E-state index contributed by atoms with van der Waals surface area (Å²) in [6.45, 7) is 15.6. The SMILES string of the molecule is CC1(C)OB(c2ccc(CC[Si](C)(C)C)cc2)OC1(C)C. The van der Waals surface area contributed by atoms with E-state index in [4.69, 9.17) is 9.31 Å². The van der Waals surface area contributed by atoms with Gasteiger partial charge in [0.2, 0.25) is 0 Å². The van der Waals surface area contributed by atoms with Crippen LogP contribution < -0.4 is 5.46 Å². The van der Waals surface area contributed by atoms with Crippen LogP contribution in [0.2, 0.25) is 25.7 Å². The molecule has 0 bridgehead atoms. The van der Waals surface area contributed by atoms with Crippen LogP contribution in [0.15, 0.2) is 24.3 Å². The number of benzene rings is 1. The molecule has 1 saturated heterocycles. The van der Waals surface area contributed by atoms with Gasteiger partial charge < -0.3 is 9.31 Å². The van der Waals surface area contributed by atoms with E-state index in [9.17, 15) is 0 Å². The minimum Gasteiger partial charge on any atom is -0.399 e. The Bertz CT molecular complexity index is 473. The lowest BCUT2D eigenvalue weighted by Crippen LogP contribution is -2.41. The largest absolute Gasteiger partial charge is 0.494 e. The van der Waals surface area contributed by atoms with Gasteiger partial charge in [0.15, 0.2) is 0 Å². The first-order chi connectivity index (χ1) is 9.50. The van der Waals surface area contributed by atoms with E-state index in [1.807, 2.05) is 0 Å². The monoisotopic (exact) mass is 304 g/mol. The average Bonchev–Trinajstić information content (AvgIpc) is 2.56. The van der Waals surface area contributed by atoms with Crippen LogP contribution in [-0.4, -0.2) is 26.4 Å². The highest BCUT2D eigenvalue weighted by Gasteiger charge is 2.51.